The van der Waals surface area contributed by atoms with Gasteiger partial charge >= 0.3 is 0 Å². The molecule has 0 bridgehead atoms. The summed E-state index contributed by atoms with van der Waals surface area (Å²) in [4.78, 5) is 0. The Morgan fingerprint density at radius 3 is 2.82 bits per heavy atom. The zero-order valence-corrected chi connectivity index (χ0v) is 12.4. The van der Waals surface area contributed by atoms with Crippen molar-refractivity contribution in [1.82, 2.24) is 0 Å². The van der Waals surface area contributed by atoms with E-state index in [1.165, 1.54) is 17.8 Å². The number of hydrogen-bond acceptors (Lipinski definition) is 2. The molecular weight excluding hydrogens is 327 g/mol. The molecule has 17 heavy (non-hydrogen) atoms. The van der Waals surface area contributed by atoms with Crippen LogP contribution in [0.2, 0.25) is 0 Å². The maximum atomic E-state index is 13.5. The molecule has 0 aliphatic rings. The van der Waals surface area contributed by atoms with Crippen molar-refractivity contribution < 1.29 is 4.39 Å². The molecule has 1 aromatic rings. The lowest BCUT2D eigenvalue weighted by molar-refractivity contribution is 0.623. The molecule has 0 spiro atoms. The molecule has 3 N–H and O–H groups in total. The Labute approximate surface area is 119 Å². The molecule has 1 aromatic carbocycles. The Hall–Kier alpha value is -0.520. The standard InChI is InChI=1S/C11H12BrFN2S.ClH/c1-7(4-5-16-11(14)15)9-6-8(12)2-3-10(9)13;/h2-4,6H,5H2,1H3,(H3,14,15);1H. The van der Waals surface area contributed by atoms with Gasteiger partial charge in [-0.05, 0) is 30.7 Å². The fourth-order valence-corrected chi connectivity index (χ4v) is 2.04. The lowest BCUT2D eigenvalue weighted by Gasteiger charge is -2.04. The van der Waals surface area contributed by atoms with Crippen LogP contribution in [0.1, 0.15) is 12.5 Å². The van der Waals surface area contributed by atoms with Gasteiger partial charge in [0.05, 0.1) is 0 Å². The molecule has 0 saturated heterocycles. The van der Waals surface area contributed by atoms with Gasteiger partial charge in [0, 0.05) is 15.8 Å². The first-order chi connectivity index (χ1) is 7.50. The van der Waals surface area contributed by atoms with E-state index in [-0.39, 0.29) is 23.4 Å². The largest absolute Gasteiger partial charge is 0.379 e. The van der Waals surface area contributed by atoms with Gasteiger partial charge in [-0.15, -0.1) is 12.4 Å². The van der Waals surface area contributed by atoms with E-state index in [9.17, 15) is 4.39 Å². The number of halogens is 3. The first-order valence-electron chi connectivity index (χ1n) is 4.59. The Balaban J connectivity index is 0.00000256. The Morgan fingerprint density at radius 2 is 2.24 bits per heavy atom. The van der Waals surface area contributed by atoms with E-state index in [2.05, 4.69) is 15.9 Å². The summed E-state index contributed by atoms with van der Waals surface area (Å²) in [6.07, 6.45) is 1.86. The summed E-state index contributed by atoms with van der Waals surface area (Å²) in [6.45, 7) is 1.84. The van der Waals surface area contributed by atoms with E-state index in [0.717, 1.165) is 10.0 Å². The minimum Gasteiger partial charge on any atom is -0.379 e. The third-order valence-corrected chi connectivity index (χ3v) is 3.12. The monoisotopic (exact) mass is 338 g/mol. The van der Waals surface area contributed by atoms with Crippen LogP contribution in [0, 0.1) is 11.2 Å². The van der Waals surface area contributed by atoms with Gasteiger partial charge in [-0.25, -0.2) is 4.39 Å². The maximum Gasteiger partial charge on any atom is 0.151 e. The molecule has 0 heterocycles. The van der Waals surface area contributed by atoms with Gasteiger partial charge in [0.15, 0.2) is 5.17 Å². The summed E-state index contributed by atoms with van der Waals surface area (Å²) >= 11 is 4.52. The van der Waals surface area contributed by atoms with Crippen molar-refractivity contribution in [2.45, 2.75) is 6.92 Å². The summed E-state index contributed by atoms with van der Waals surface area (Å²) in [5, 5.41) is 7.12. The van der Waals surface area contributed by atoms with Crippen molar-refractivity contribution in [3.8, 4) is 0 Å². The van der Waals surface area contributed by atoms with Crippen LogP contribution in [0.3, 0.4) is 0 Å². The quantitative estimate of drug-likeness (QED) is 0.645. The molecule has 0 amide bonds. The van der Waals surface area contributed by atoms with Crippen molar-refractivity contribution in [2.24, 2.45) is 5.73 Å². The van der Waals surface area contributed by atoms with Gasteiger partial charge in [0.25, 0.3) is 0 Å². The fourth-order valence-electron chi connectivity index (χ4n) is 1.17. The van der Waals surface area contributed by atoms with Crippen LogP contribution in [0.15, 0.2) is 28.7 Å². The van der Waals surface area contributed by atoms with Crippen LogP contribution in [0.5, 0.6) is 0 Å². The third kappa shape index (κ3) is 5.57. The summed E-state index contributed by atoms with van der Waals surface area (Å²) in [7, 11) is 0. The highest BCUT2D eigenvalue weighted by molar-refractivity contribution is 9.10. The topological polar surface area (TPSA) is 49.9 Å². The maximum absolute atomic E-state index is 13.5. The number of nitrogens with one attached hydrogen (secondary N) is 1. The van der Waals surface area contributed by atoms with Gasteiger partial charge in [-0.2, -0.15) is 0 Å². The summed E-state index contributed by atoms with van der Waals surface area (Å²) in [5.74, 6) is 0.331. The Bertz CT molecular complexity index is 437. The third-order valence-electron chi connectivity index (χ3n) is 1.98. The van der Waals surface area contributed by atoms with Crippen molar-refractivity contribution in [3.63, 3.8) is 0 Å². The number of nitrogens with two attached hydrogens (primary N) is 1. The zero-order chi connectivity index (χ0) is 12.1. The van der Waals surface area contributed by atoms with Crippen LogP contribution in [-0.4, -0.2) is 10.9 Å². The number of hydrogen-bond donors (Lipinski definition) is 2. The Kier molecular flexibility index (Phi) is 7.50. The smallest absolute Gasteiger partial charge is 0.151 e. The van der Waals surface area contributed by atoms with Crippen molar-refractivity contribution >= 4 is 50.8 Å². The highest BCUT2D eigenvalue weighted by Gasteiger charge is 2.04. The lowest BCUT2D eigenvalue weighted by atomic mass is 10.1. The second kappa shape index (κ2) is 7.74. The van der Waals surface area contributed by atoms with E-state index in [0.29, 0.717) is 11.3 Å². The van der Waals surface area contributed by atoms with Crippen LogP contribution >= 0.6 is 40.1 Å². The van der Waals surface area contributed by atoms with E-state index in [1.54, 1.807) is 12.1 Å². The molecule has 0 fully saturated rings. The lowest BCUT2D eigenvalue weighted by Crippen LogP contribution is -2.03. The first-order valence-corrected chi connectivity index (χ1v) is 6.37. The first kappa shape index (κ1) is 16.5. The summed E-state index contributed by atoms with van der Waals surface area (Å²) in [5.41, 5.74) is 6.62. The van der Waals surface area contributed by atoms with Crippen LogP contribution in [0.4, 0.5) is 4.39 Å². The number of allylic oxidation sites excluding steroid dienone is 1. The molecule has 94 valence electrons. The average Bonchev–Trinajstić information content (AvgIpc) is 2.21. The van der Waals surface area contributed by atoms with E-state index < -0.39 is 0 Å². The SMILES string of the molecule is CC(=CCSC(=N)N)c1cc(Br)ccc1F.Cl. The zero-order valence-electron chi connectivity index (χ0n) is 9.17. The van der Waals surface area contributed by atoms with Gasteiger partial charge in [0.2, 0.25) is 0 Å². The number of rotatable bonds is 3. The molecule has 2 nitrogen and oxygen atoms in total. The van der Waals surface area contributed by atoms with Crippen molar-refractivity contribution in [2.75, 3.05) is 5.75 Å². The number of thioether (sulfide) groups is 1. The van der Waals surface area contributed by atoms with E-state index >= 15 is 0 Å². The highest BCUT2D eigenvalue weighted by Crippen LogP contribution is 2.22. The fraction of sp³-hybridized carbons (Fsp3) is 0.182. The van der Waals surface area contributed by atoms with Crippen LogP contribution in [-0.2, 0) is 0 Å². The molecule has 0 unspecified atom stereocenters. The number of benzene rings is 1. The molecule has 0 aromatic heterocycles. The molecule has 0 radical (unpaired) electrons. The average molecular weight is 340 g/mol. The van der Waals surface area contributed by atoms with Crippen LogP contribution in [0.25, 0.3) is 5.57 Å². The minimum absolute atomic E-state index is 0. The minimum atomic E-state index is -0.246. The van der Waals surface area contributed by atoms with Gasteiger partial charge in [-0.1, -0.05) is 33.8 Å². The molecule has 0 aliphatic carbocycles. The molecular formula is C11H13BrClFN2S. The highest BCUT2D eigenvalue weighted by atomic mass is 79.9. The van der Waals surface area contributed by atoms with Gasteiger partial charge < -0.3 is 5.73 Å². The summed E-state index contributed by atoms with van der Waals surface area (Å²) < 4.78 is 14.3. The predicted octanol–water partition coefficient (Wildman–Crippen LogP) is 4.04. The number of amidine groups is 1. The predicted molar refractivity (Wildman–Crippen MR) is 79.4 cm³/mol. The van der Waals surface area contributed by atoms with Gasteiger partial charge in [0.1, 0.15) is 5.82 Å². The second-order valence-electron chi connectivity index (χ2n) is 3.19. The molecule has 0 aliphatic heterocycles. The molecule has 0 saturated carbocycles. The van der Waals surface area contributed by atoms with E-state index in [4.69, 9.17) is 11.1 Å². The molecule has 6 heteroatoms. The second-order valence-corrected chi connectivity index (χ2v) is 5.16. The molecule has 0 atom stereocenters. The van der Waals surface area contributed by atoms with Crippen molar-refractivity contribution in [3.05, 3.63) is 40.1 Å². The molecule has 1 rings (SSSR count). The summed E-state index contributed by atoms with van der Waals surface area (Å²) in [6, 6.07) is 4.82. The Morgan fingerprint density at radius 1 is 1.59 bits per heavy atom. The normalized spacial score (nSPS) is 10.9. The van der Waals surface area contributed by atoms with E-state index in [1.807, 2.05) is 13.0 Å². The van der Waals surface area contributed by atoms with Gasteiger partial charge in [-0.3, -0.25) is 5.41 Å². The van der Waals surface area contributed by atoms with Crippen LogP contribution < -0.4 is 5.73 Å². The van der Waals surface area contributed by atoms with Crippen molar-refractivity contribution in [1.29, 1.82) is 5.41 Å².